The van der Waals surface area contributed by atoms with Crippen molar-refractivity contribution in [2.45, 2.75) is 37.8 Å². The van der Waals surface area contributed by atoms with E-state index in [4.69, 9.17) is 13.1 Å². The third-order valence-corrected chi connectivity index (χ3v) is 2.03. The Balaban J connectivity index is 2.54. The third kappa shape index (κ3) is 1.28. The molecule has 0 aromatic carbocycles. The highest BCUT2D eigenvalue weighted by molar-refractivity contribution is 4.99. The fourth-order valence-electron chi connectivity index (χ4n) is 1.39. The molecule has 1 saturated carbocycles. The molecule has 0 radical (unpaired) electrons. The van der Waals surface area contributed by atoms with Gasteiger partial charge in [0.1, 0.15) is 0 Å². The third-order valence-electron chi connectivity index (χ3n) is 2.03. The van der Waals surface area contributed by atoms with E-state index in [0.717, 1.165) is 25.7 Å². The zero-order chi connectivity index (χ0) is 7.40. The Labute approximate surface area is 61.5 Å². The van der Waals surface area contributed by atoms with Gasteiger partial charge in [-0.05, 0) is 12.8 Å². The van der Waals surface area contributed by atoms with E-state index in [1.54, 1.807) is 0 Å². The van der Waals surface area contributed by atoms with Crippen LogP contribution < -0.4 is 0 Å². The lowest BCUT2D eigenvalue weighted by molar-refractivity contribution is 0.457. The van der Waals surface area contributed by atoms with Crippen molar-refractivity contribution >= 4 is 0 Å². The van der Waals surface area contributed by atoms with Gasteiger partial charge in [-0.15, -0.1) is 0 Å². The second-order valence-electron chi connectivity index (χ2n) is 2.68. The van der Waals surface area contributed by atoms with Gasteiger partial charge in [0.25, 0.3) is 12.1 Å². The summed E-state index contributed by atoms with van der Waals surface area (Å²) in [7, 11) is 0. The predicted octanol–water partition coefficient (Wildman–Crippen LogP) is 2.14. The molecular weight excluding hydrogens is 124 g/mol. The first-order valence-corrected chi connectivity index (χ1v) is 3.61. The quantitative estimate of drug-likeness (QED) is 0.449. The monoisotopic (exact) mass is 134 g/mol. The van der Waals surface area contributed by atoms with Crippen molar-refractivity contribution in [3.63, 3.8) is 0 Å². The van der Waals surface area contributed by atoms with Crippen LogP contribution in [0.2, 0.25) is 0 Å². The maximum atomic E-state index is 6.81. The zero-order valence-electron chi connectivity index (χ0n) is 5.88. The van der Waals surface area contributed by atoms with Gasteiger partial charge in [-0.2, -0.15) is 0 Å². The summed E-state index contributed by atoms with van der Waals surface area (Å²) < 4.78 is 0. The van der Waals surface area contributed by atoms with E-state index in [-0.39, 0.29) is 12.1 Å². The van der Waals surface area contributed by atoms with Crippen LogP contribution in [0, 0.1) is 13.1 Å². The minimum atomic E-state index is 0.00579. The summed E-state index contributed by atoms with van der Waals surface area (Å²) in [4.78, 5) is 6.87. The molecule has 1 aliphatic rings. The lowest BCUT2D eigenvalue weighted by atomic mass is 9.91. The fraction of sp³-hybridized carbons (Fsp3) is 0.750. The minimum Gasteiger partial charge on any atom is -0.305 e. The van der Waals surface area contributed by atoms with E-state index in [9.17, 15) is 0 Å². The van der Waals surface area contributed by atoms with Crippen LogP contribution in [0.15, 0.2) is 0 Å². The van der Waals surface area contributed by atoms with Crippen LogP contribution in [0.5, 0.6) is 0 Å². The molecule has 10 heavy (non-hydrogen) atoms. The average molecular weight is 134 g/mol. The molecule has 0 bridgehead atoms. The van der Waals surface area contributed by atoms with Gasteiger partial charge in [0.15, 0.2) is 0 Å². The Hall–Kier alpha value is -1.02. The van der Waals surface area contributed by atoms with Gasteiger partial charge in [-0.25, -0.2) is 13.1 Å². The molecule has 0 saturated heterocycles. The first-order chi connectivity index (χ1) is 4.88. The molecule has 0 aromatic heterocycles. The van der Waals surface area contributed by atoms with Crippen LogP contribution in [0.1, 0.15) is 25.7 Å². The van der Waals surface area contributed by atoms with E-state index < -0.39 is 0 Å². The van der Waals surface area contributed by atoms with Gasteiger partial charge in [-0.3, -0.25) is 0 Å². The molecule has 0 aromatic rings. The lowest BCUT2D eigenvalue weighted by Gasteiger charge is -2.12. The Morgan fingerprint density at radius 3 is 1.60 bits per heavy atom. The van der Waals surface area contributed by atoms with Crippen molar-refractivity contribution in [3.8, 4) is 0 Å². The number of hydrogen-bond donors (Lipinski definition) is 0. The van der Waals surface area contributed by atoms with Crippen LogP contribution in [0.3, 0.4) is 0 Å². The van der Waals surface area contributed by atoms with Crippen molar-refractivity contribution in [2.75, 3.05) is 0 Å². The first-order valence-electron chi connectivity index (χ1n) is 3.61. The molecule has 2 atom stereocenters. The van der Waals surface area contributed by atoms with Gasteiger partial charge in [-0.1, -0.05) is 0 Å². The van der Waals surface area contributed by atoms with Crippen LogP contribution in [0.25, 0.3) is 9.69 Å². The fourth-order valence-corrected chi connectivity index (χ4v) is 1.39. The van der Waals surface area contributed by atoms with E-state index in [1.165, 1.54) is 0 Å². The Morgan fingerprint density at radius 1 is 0.900 bits per heavy atom. The highest BCUT2D eigenvalue weighted by Crippen LogP contribution is 2.23. The van der Waals surface area contributed by atoms with Gasteiger partial charge in [0.2, 0.25) is 0 Å². The molecule has 0 unspecified atom stereocenters. The van der Waals surface area contributed by atoms with Crippen molar-refractivity contribution in [3.05, 3.63) is 22.8 Å². The summed E-state index contributed by atoms with van der Waals surface area (Å²) in [5, 5.41) is 0. The number of hydrogen-bond acceptors (Lipinski definition) is 0. The molecule has 1 fully saturated rings. The average Bonchev–Trinajstić information content (AvgIpc) is 2.04. The lowest BCUT2D eigenvalue weighted by Crippen LogP contribution is -2.23. The molecule has 1 aliphatic carbocycles. The van der Waals surface area contributed by atoms with Gasteiger partial charge in [0.05, 0.1) is 0 Å². The molecule has 0 heterocycles. The van der Waals surface area contributed by atoms with Crippen LogP contribution in [0.4, 0.5) is 0 Å². The largest absolute Gasteiger partial charge is 0.305 e. The van der Waals surface area contributed by atoms with E-state index in [1.807, 2.05) is 0 Å². The smallest absolute Gasteiger partial charge is 0.296 e. The van der Waals surface area contributed by atoms with Crippen molar-refractivity contribution in [2.24, 2.45) is 0 Å². The molecule has 2 nitrogen and oxygen atoms in total. The van der Waals surface area contributed by atoms with Crippen molar-refractivity contribution < 1.29 is 0 Å². The standard InChI is InChI=1S/C8H10N2/c1-9-7-5-3-4-6-8(7)10-2/h7-8H,3-6H2/t7-,8-/m0/s1. The summed E-state index contributed by atoms with van der Waals surface area (Å²) in [6.07, 6.45) is 4.16. The molecule has 2 heteroatoms. The molecule has 52 valence electrons. The maximum absolute atomic E-state index is 6.81. The Morgan fingerprint density at radius 2 is 1.30 bits per heavy atom. The predicted molar refractivity (Wildman–Crippen MR) is 39.2 cm³/mol. The van der Waals surface area contributed by atoms with Crippen molar-refractivity contribution in [1.29, 1.82) is 0 Å². The Kier molecular flexibility index (Phi) is 2.29. The van der Waals surface area contributed by atoms with E-state index >= 15 is 0 Å². The van der Waals surface area contributed by atoms with Gasteiger partial charge < -0.3 is 9.69 Å². The first kappa shape index (κ1) is 7.09. The number of rotatable bonds is 0. The van der Waals surface area contributed by atoms with Crippen LogP contribution in [-0.4, -0.2) is 12.1 Å². The van der Waals surface area contributed by atoms with Crippen LogP contribution >= 0.6 is 0 Å². The maximum Gasteiger partial charge on any atom is 0.296 e. The highest BCUT2D eigenvalue weighted by Gasteiger charge is 2.34. The summed E-state index contributed by atoms with van der Waals surface area (Å²) in [5.74, 6) is 0. The highest BCUT2D eigenvalue weighted by atomic mass is 14.8. The minimum absolute atomic E-state index is 0.00579. The topological polar surface area (TPSA) is 8.72 Å². The summed E-state index contributed by atoms with van der Waals surface area (Å²) >= 11 is 0. The van der Waals surface area contributed by atoms with Gasteiger partial charge in [0, 0.05) is 12.8 Å². The molecule has 0 aliphatic heterocycles. The van der Waals surface area contributed by atoms with Gasteiger partial charge >= 0.3 is 0 Å². The summed E-state index contributed by atoms with van der Waals surface area (Å²) in [5.41, 5.74) is 0. The number of nitrogens with zero attached hydrogens (tertiary/aromatic N) is 2. The molecular formula is C8H10N2. The van der Waals surface area contributed by atoms with E-state index in [2.05, 4.69) is 9.69 Å². The normalized spacial score (nSPS) is 32.2. The molecule has 0 spiro atoms. The van der Waals surface area contributed by atoms with E-state index in [0.29, 0.717) is 0 Å². The molecule has 1 rings (SSSR count). The second-order valence-corrected chi connectivity index (χ2v) is 2.68. The van der Waals surface area contributed by atoms with Crippen LogP contribution in [-0.2, 0) is 0 Å². The summed E-state index contributed by atoms with van der Waals surface area (Å²) in [6.45, 7) is 13.6. The van der Waals surface area contributed by atoms with Crippen molar-refractivity contribution in [1.82, 2.24) is 0 Å². The Bertz CT molecular complexity index is 162. The molecule has 0 amide bonds. The zero-order valence-corrected chi connectivity index (χ0v) is 5.88. The SMILES string of the molecule is [C-]#[N+][C@H]1CCCC[C@@H]1[N+]#[C-]. The second kappa shape index (κ2) is 3.22. The summed E-state index contributed by atoms with van der Waals surface area (Å²) in [6, 6.07) is 0.0116. The molecule has 0 N–H and O–H groups in total.